The van der Waals surface area contributed by atoms with Crippen molar-refractivity contribution in [2.45, 2.75) is 71.6 Å². The van der Waals surface area contributed by atoms with Crippen molar-refractivity contribution in [3.8, 4) is 0 Å². The Balaban J connectivity index is 2.75. The second-order valence-corrected chi connectivity index (χ2v) is 6.95. The minimum atomic E-state index is 0.184. The van der Waals surface area contributed by atoms with Crippen LogP contribution in [0.25, 0.3) is 0 Å². The molecule has 0 aromatic rings. The summed E-state index contributed by atoms with van der Waals surface area (Å²) >= 11 is 0. The van der Waals surface area contributed by atoms with Gasteiger partial charge in [-0.3, -0.25) is 4.90 Å². The van der Waals surface area contributed by atoms with E-state index in [1.165, 1.54) is 0 Å². The van der Waals surface area contributed by atoms with Gasteiger partial charge in [0.25, 0.3) is 0 Å². The van der Waals surface area contributed by atoms with Gasteiger partial charge < -0.3 is 4.74 Å². The van der Waals surface area contributed by atoms with E-state index in [9.17, 15) is 0 Å². The van der Waals surface area contributed by atoms with Gasteiger partial charge in [0.15, 0.2) is 0 Å². The lowest BCUT2D eigenvalue weighted by molar-refractivity contribution is -0.0773. The molecule has 0 radical (unpaired) electrons. The monoisotopic (exact) mass is 239 g/mol. The lowest BCUT2D eigenvalue weighted by Crippen LogP contribution is -2.60. The van der Waals surface area contributed by atoms with E-state index >= 15 is 0 Å². The van der Waals surface area contributed by atoms with Crippen molar-refractivity contribution in [3.63, 3.8) is 0 Å². The Labute approximate surface area is 107 Å². The van der Waals surface area contributed by atoms with Gasteiger partial charge in [-0.05, 0) is 34.7 Å². The predicted octanol–water partition coefficient (Wildman–Crippen LogP) is 3.82. The van der Waals surface area contributed by atoms with Crippen molar-refractivity contribution in [2.24, 2.45) is 5.92 Å². The first-order chi connectivity index (χ1) is 7.56. The van der Waals surface area contributed by atoms with E-state index in [-0.39, 0.29) is 11.1 Å². The Bertz CT molecular complexity index is 273. The van der Waals surface area contributed by atoms with Crippen LogP contribution in [-0.4, -0.2) is 29.1 Å². The topological polar surface area (TPSA) is 12.5 Å². The summed E-state index contributed by atoms with van der Waals surface area (Å²) < 4.78 is 6.05. The van der Waals surface area contributed by atoms with Gasteiger partial charge in [0.1, 0.15) is 6.10 Å². The molecule has 1 aliphatic rings. The highest BCUT2D eigenvalue weighted by atomic mass is 16.5. The molecule has 100 valence electrons. The number of piperidine rings is 1. The zero-order valence-corrected chi connectivity index (χ0v) is 12.6. The summed E-state index contributed by atoms with van der Waals surface area (Å²) in [6, 6.07) is 0. The summed E-state index contributed by atoms with van der Waals surface area (Å²) in [5.41, 5.74) is 0.368. The van der Waals surface area contributed by atoms with E-state index in [0.29, 0.717) is 12.0 Å². The zero-order chi connectivity index (χ0) is 13.4. The molecule has 0 atom stereocenters. The van der Waals surface area contributed by atoms with Crippen LogP contribution in [0.2, 0.25) is 0 Å². The highest BCUT2D eigenvalue weighted by Crippen LogP contribution is 2.38. The van der Waals surface area contributed by atoms with Gasteiger partial charge in [-0.2, -0.15) is 0 Å². The molecule has 0 amide bonds. The summed E-state index contributed by atoms with van der Waals surface area (Å²) in [6.07, 6.45) is 2.43. The first-order valence-electron chi connectivity index (χ1n) is 6.65. The SMILES string of the molecule is C=C(OC1CC(C)(C)N(C)C(C)(C)C1)C(C)C. The minimum Gasteiger partial charge on any atom is -0.495 e. The fraction of sp³-hybridized carbons (Fsp3) is 0.867. The van der Waals surface area contributed by atoms with Gasteiger partial charge in [-0.15, -0.1) is 0 Å². The number of allylic oxidation sites excluding steroid dienone is 1. The highest BCUT2D eigenvalue weighted by Gasteiger charge is 2.44. The number of ether oxygens (including phenoxy) is 1. The van der Waals surface area contributed by atoms with Crippen molar-refractivity contribution in [1.29, 1.82) is 0 Å². The molecule has 0 unspecified atom stereocenters. The number of hydrogen-bond acceptors (Lipinski definition) is 2. The predicted molar refractivity (Wildman–Crippen MR) is 74.0 cm³/mol. The first-order valence-corrected chi connectivity index (χ1v) is 6.65. The lowest BCUT2D eigenvalue weighted by atomic mass is 9.78. The van der Waals surface area contributed by atoms with Crippen molar-refractivity contribution in [1.82, 2.24) is 4.90 Å². The average Bonchev–Trinajstić information content (AvgIpc) is 2.12. The lowest BCUT2D eigenvalue weighted by Gasteiger charge is -2.53. The van der Waals surface area contributed by atoms with E-state index in [4.69, 9.17) is 4.74 Å². The van der Waals surface area contributed by atoms with E-state index < -0.39 is 0 Å². The molecule has 0 aromatic heterocycles. The van der Waals surface area contributed by atoms with Gasteiger partial charge in [-0.25, -0.2) is 0 Å². The molecule has 0 spiro atoms. The fourth-order valence-electron chi connectivity index (χ4n) is 2.71. The molecule has 1 saturated heterocycles. The summed E-state index contributed by atoms with van der Waals surface area (Å²) in [5, 5.41) is 0. The fourth-order valence-corrected chi connectivity index (χ4v) is 2.71. The third-order valence-electron chi connectivity index (χ3n) is 4.23. The zero-order valence-electron chi connectivity index (χ0n) is 12.6. The van der Waals surface area contributed by atoms with Crippen molar-refractivity contribution >= 4 is 0 Å². The molecule has 2 nitrogen and oxygen atoms in total. The second-order valence-electron chi connectivity index (χ2n) is 6.95. The van der Waals surface area contributed by atoms with Crippen molar-refractivity contribution in [3.05, 3.63) is 12.3 Å². The summed E-state index contributed by atoms with van der Waals surface area (Å²) in [4.78, 5) is 2.47. The van der Waals surface area contributed by atoms with Crippen LogP contribution in [0.15, 0.2) is 12.3 Å². The average molecular weight is 239 g/mol. The molecule has 0 saturated carbocycles. The van der Waals surface area contributed by atoms with Gasteiger partial charge >= 0.3 is 0 Å². The standard InChI is InChI=1S/C15H29NO/c1-11(2)12(3)17-13-9-14(4,5)16(8)15(6,7)10-13/h11,13H,3,9-10H2,1-2,4-8H3. The molecule has 0 aromatic carbocycles. The molecule has 0 aliphatic carbocycles. The van der Waals surface area contributed by atoms with E-state index in [1.807, 2.05) is 0 Å². The molecule has 1 heterocycles. The van der Waals surface area contributed by atoms with Gasteiger partial charge in [-0.1, -0.05) is 20.4 Å². The van der Waals surface area contributed by atoms with Crippen LogP contribution in [0.5, 0.6) is 0 Å². The smallest absolute Gasteiger partial charge is 0.102 e. The maximum absolute atomic E-state index is 6.05. The quantitative estimate of drug-likeness (QED) is 0.694. The van der Waals surface area contributed by atoms with Crippen LogP contribution < -0.4 is 0 Å². The Morgan fingerprint density at radius 2 is 1.59 bits per heavy atom. The van der Waals surface area contributed by atoms with Crippen LogP contribution in [0.4, 0.5) is 0 Å². The number of nitrogens with zero attached hydrogens (tertiary/aromatic N) is 1. The molecule has 0 N–H and O–H groups in total. The van der Waals surface area contributed by atoms with Gasteiger partial charge in [0.2, 0.25) is 0 Å². The van der Waals surface area contributed by atoms with Gasteiger partial charge in [0.05, 0.1) is 5.76 Å². The molecular formula is C15H29NO. The third kappa shape index (κ3) is 3.25. The van der Waals surface area contributed by atoms with Crippen LogP contribution in [0, 0.1) is 5.92 Å². The van der Waals surface area contributed by atoms with Crippen LogP contribution in [0.3, 0.4) is 0 Å². The molecule has 1 aliphatic heterocycles. The molecular weight excluding hydrogens is 210 g/mol. The maximum Gasteiger partial charge on any atom is 0.102 e. The minimum absolute atomic E-state index is 0.184. The highest BCUT2D eigenvalue weighted by molar-refractivity contribution is 5.01. The van der Waals surface area contributed by atoms with Crippen molar-refractivity contribution < 1.29 is 4.74 Å². The first kappa shape index (κ1) is 14.6. The van der Waals surface area contributed by atoms with E-state index in [2.05, 4.69) is 60.1 Å². The molecule has 17 heavy (non-hydrogen) atoms. The Morgan fingerprint density at radius 1 is 1.18 bits per heavy atom. The Morgan fingerprint density at radius 3 is 1.94 bits per heavy atom. The van der Waals surface area contributed by atoms with E-state index in [1.54, 1.807) is 0 Å². The largest absolute Gasteiger partial charge is 0.495 e. The molecule has 1 fully saturated rings. The van der Waals surface area contributed by atoms with Crippen LogP contribution in [0.1, 0.15) is 54.4 Å². The summed E-state index contributed by atoms with van der Waals surface area (Å²) in [6.45, 7) is 17.5. The number of likely N-dealkylation sites (tertiary alicyclic amines) is 1. The Hall–Kier alpha value is -0.500. The number of hydrogen-bond donors (Lipinski definition) is 0. The molecule has 0 bridgehead atoms. The van der Waals surface area contributed by atoms with Crippen molar-refractivity contribution in [2.75, 3.05) is 7.05 Å². The maximum atomic E-state index is 6.05. The number of rotatable bonds is 3. The van der Waals surface area contributed by atoms with E-state index in [0.717, 1.165) is 18.6 Å². The molecule has 1 rings (SSSR count). The molecule has 2 heteroatoms. The normalized spacial score (nSPS) is 24.9. The van der Waals surface area contributed by atoms with Crippen LogP contribution >= 0.6 is 0 Å². The van der Waals surface area contributed by atoms with Crippen LogP contribution in [-0.2, 0) is 4.74 Å². The summed E-state index contributed by atoms with van der Waals surface area (Å²) in [7, 11) is 2.22. The summed E-state index contributed by atoms with van der Waals surface area (Å²) in [5.74, 6) is 1.33. The van der Waals surface area contributed by atoms with Gasteiger partial charge in [0, 0.05) is 29.8 Å². The third-order valence-corrected chi connectivity index (χ3v) is 4.23. The Kier molecular flexibility index (Phi) is 3.97. The second kappa shape index (κ2) is 4.64.